The van der Waals surface area contributed by atoms with E-state index in [2.05, 4.69) is 75.1 Å². The Morgan fingerprint density at radius 3 is 1.80 bits per heavy atom. The van der Waals surface area contributed by atoms with Gasteiger partial charge in [-0.15, -0.1) is 10.2 Å². The molecule has 25 heavy (non-hydrogen) atoms. The van der Waals surface area contributed by atoms with Gasteiger partial charge in [0, 0.05) is 11.6 Å². The lowest BCUT2D eigenvalue weighted by Crippen LogP contribution is -2.16. The van der Waals surface area contributed by atoms with Gasteiger partial charge in [0.05, 0.1) is 0 Å². The van der Waals surface area contributed by atoms with Crippen LogP contribution in [0.3, 0.4) is 0 Å². The van der Waals surface area contributed by atoms with Crippen LogP contribution in [0.25, 0.3) is 23.0 Å². The molecule has 0 saturated heterocycles. The lowest BCUT2D eigenvalue weighted by Gasteiger charge is -2.25. The summed E-state index contributed by atoms with van der Waals surface area (Å²) < 4.78 is 10.9. The molecule has 0 spiro atoms. The summed E-state index contributed by atoms with van der Waals surface area (Å²) in [5, 5.41) is 12.3. The monoisotopic (exact) mass is 339 g/mol. The fourth-order valence-electron chi connectivity index (χ4n) is 2.53. The Morgan fingerprint density at radius 1 is 0.760 bits per heavy atom. The highest BCUT2D eigenvalue weighted by atomic mass is 16.5. The smallest absolute Gasteiger partial charge is 0.270 e. The molecule has 3 rings (SSSR count). The van der Waals surface area contributed by atoms with Gasteiger partial charge in [0.1, 0.15) is 5.76 Å². The van der Waals surface area contributed by atoms with Crippen molar-refractivity contribution >= 4 is 0 Å². The molecule has 0 radical (unpaired) electrons. The molecule has 0 atom stereocenters. The van der Waals surface area contributed by atoms with Crippen LogP contribution in [0, 0.1) is 6.92 Å². The molecule has 0 aliphatic rings. The lowest BCUT2D eigenvalue weighted by atomic mass is 9.79. The van der Waals surface area contributed by atoms with E-state index in [9.17, 15) is 0 Å². The van der Waals surface area contributed by atoms with Gasteiger partial charge in [-0.1, -0.05) is 52.8 Å². The van der Waals surface area contributed by atoms with Crippen molar-refractivity contribution in [3.63, 3.8) is 0 Å². The zero-order valence-electron chi connectivity index (χ0n) is 16.0. The number of benzene rings is 1. The molecule has 5 heteroatoms. The fourth-order valence-corrected chi connectivity index (χ4v) is 2.53. The van der Waals surface area contributed by atoms with Crippen molar-refractivity contribution in [1.82, 2.24) is 15.4 Å². The Morgan fingerprint density at radius 2 is 1.32 bits per heavy atom. The minimum absolute atomic E-state index is 0.0298. The predicted molar refractivity (Wildman–Crippen MR) is 97.4 cm³/mol. The highest BCUT2D eigenvalue weighted by Crippen LogP contribution is 2.34. The van der Waals surface area contributed by atoms with Crippen molar-refractivity contribution in [2.45, 2.75) is 59.3 Å². The molecule has 132 valence electrons. The van der Waals surface area contributed by atoms with Gasteiger partial charge in [-0.3, -0.25) is 0 Å². The van der Waals surface area contributed by atoms with Crippen LogP contribution in [-0.4, -0.2) is 15.4 Å². The van der Waals surface area contributed by atoms with Crippen LogP contribution in [0.1, 0.15) is 58.4 Å². The number of hydrogen-bond donors (Lipinski definition) is 0. The maximum Gasteiger partial charge on any atom is 0.270 e. The van der Waals surface area contributed by atoms with Crippen LogP contribution < -0.4 is 0 Å². The molecule has 1 aromatic carbocycles. The third kappa shape index (κ3) is 3.65. The fraction of sp³-hybridized carbons (Fsp3) is 0.450. The molecule has 0 saturated carbocycles. The van der Waals surface area contributed by atoms with E-state index in [0.29, 0.717) is 23.2 Å². The molecule has 3 aromatic rings. The first kappa shape index (κ1) is 17.4. The summed E-state index contributed by atoms with van der Waals surface area (Å²) in [4.78, 5) is 0. The molecule has 5 nitrogen and oxygen atoms in total. The minimum atomic E-state index is 0.0298. The second-order valence-electron chi connectivity index (χ2n) is 8.53. The summed E-state index contributed by atoms with van der Waals surface area (Å²) in [7, 11) is 0. The molecule has 0 fully saturated rings. The highest BCUT2D eigenvalue weighted by molar-refractivity contribution is 5.59. The maximum atomic E-state index is 5.86. The Kier molecular flexibility index (Phi) is 4.06. The zero-order valence-corrected chi connectivity index (χ0v) is 16.0. The second-order valence-corrected chi connectivity index (χ2v) is 8.53. The van der Waals surface area contributed by atoms with Crippen LogP contribution in [0.4, 0.5) is 0 Å². The Labute approximate surface area is 148 Å². The summed E-state index contributed by atoms with van der Waals surface area (Å²) >= 11 is 0. The first-order valence-electron chi connectivity index (χ1n) is 8.48. The van der Waals surface area contributed by atoms with Gasteiger partial charge in [-0.25, -0.2) is 0 Å². The summed E-state index contributed by atoms with van der Waals surface area (Å²) in [5.41, 5.74) is 4.03. The van der Waals surface area contributed by atoms with Gasteiger partial charge < -0.3 is 8.94 Å². The summed E-state index contributed by atoms with van der Waals surface area (Å²) in [6, 6.07) is 8.30. The molecule has 0 unspecified atom stereocenters. The quantitative estimate of drug-likeness (QED) is 0.634. The van der Waals surface area contributed by atoms with E-state index in [1.54, 1.807) is 6.07 Å². The van der Waals surface area contributed by atoms with Crippen LogP contribution in [0.2, 0.25) is 0 Å². The van der Waals surface area contributed by atoms with Gasteiger partial charge in [0.2, 0.25) is 5.89 Å². The number of aryl methyl sites for hydroxylation is 1. The predicted octanol–water partition coefficient (Wildman–Crippen LogP) is 5.30. The summed E-state index contributed by atoms with van der Waals surface area (Å²) in [6.45, 7) is 15.1. The second kappa shape index (κ2) is 5.83. The molecule has 0 bridgehead atoms. The zero-order chi connectivity index (χ0) is 18.4. The molecule has 2 aromatic heterocycles. The average molecular weight is 339 g/mol. The molecular weight excluding hydrogens is 314 g/mol. The molecule has 0 aliphatic carbocycles. The Bertz CT molecular complexity index is 860. The van der Waals surface area contributed by atoms with E-state index in [0.717, 1.165) is 5.56 Å². The van der Waals surface area contributed by atoms with Crippen molar-refractivity contribution in [3.05, 3.63) is 41.2 Å². The topological polar surface area (TPSA) is 65.0 Å². The standard InChI is InChI=1S/C20H25N3O2/c1-12-8-16(23-25-12)18-22-21-17(24-18)13-9-14(19(2,3)4)11-15(10-13)20(5,6)7/h8-11H,1-7H3. The Hall–Kier alpha value is -2.43. The van der Waals surface area contributed by atoms with Crippen molar-refractivity contribution < 1.29 is 8.94 Å². The third-order valence-corrected chi connectivity index (χ3v) is 4.18. The van der Waals surface area contributed by atoms with E-state index < -0.39 is 0 Å². The van der Waals surface area contributed by atoms with Gasteiger partial charge in [0.15, 0.2) is 5.69 Å². The van der Waals surface area contributed by atoms with E-state index >= 15 is 0 Å². The largest absolute Gasteiger partial charge is 0.414 e. The maximum absolute atomic E-state index is 5.86. The van der Waals surface area contributed by atoms with Crippen molar-refractivity contribution in [1.29, 1.82) is 0 Å². The van der Waals surface area contributed by atoms with E-state index in [4.69, 9.17) is 8.94 Å². The van der Waals surface area contributed by atoms with Crippen LogP contribution in [0.5, 0.6) is 0 Å². The number of rotatable bonds is 2. The first-order chi connectivity index (χ1) is 11.5. The van der Waals surface area contributed by atoms with E-state index in [1.807, 2.05) is 6.92 Å². The van der Waals surface area contributed by atoms with Crippen molar-refractivity contribution in [3.8, 4) is 23.0 Å². The van der Waals surface area contributed by atoms with Crippen LogP contribution in [-0.2, 0) is 10.8 Å². The number of hydrogen-bond acceptors (Lipinski definition) is 5. The normalized spacial score (nSPS) is 12.6. The average Bonchev–Trinajstić information content (AvgIpc) is 3.13. The van der Waals surface area contributed by atoms with Crippen LogP contribution >= 0.6 is 0 Å². The Balaban J connectivity index is 2.09. The number of aromatic nitrogens is 3. The SMILES string of the molecule is Cc1cc(-c2nnc(-c3cc(C(C)(C)C)cc(C(C)(C)C)c3)o2)no1. The lowest BCUT2D eigenvalue weighted by molar-refractivity contribution is 0.397. The molecular formula is C20H25N3O2. The summed E-state index contributed by atoms with van der Waals surface area (Å²) in [5.74, 6) is 1.57. The van der Waals surface area contributed by atoms with E-state index in [1.165, 1.54) is 11.1 Å². The van der Waals surface area contributed by atoms with Gasteiger partial charge in [0.25, 0.3) is 5.89 Å². The third-order valence-electron chi connectivity index (χ3n) is 4.18. The van der Waals surface area contributed by atoms with Gasteiger partial charge >= 0.3 is 0 Å². The summed E-state index contributed by atoms with van der Waals surface area (Å²) in [6.07, 6.45) is 0. The van der Waals surface area contributed by atoms with Crippen molar-refractivity contribution in [2.24, 2.45) is 0 Å². The van der Waals surface area contributed by atoms with Gasteiger partial charge in [-0.2, -0.15) is 0 Å². The number of nitrogens with zero attached hydrogens (tertiary/aromatic N) is 3. The van der Waals surface area contributed by atoms with E-state index in [-0.39, 0.29) is 10.8 Å². The molecule has 2 heterocycles. The molecule has 0 aliphatic heterocycles. The molecule has 0 amide bonds. The minimum Gasteiger partial charge on any atom is -0.414 e. The first-order valence-corrected chi connectivity index (χ1v) is 8.48. The molecule has 0 N–H and O–H groups in total. The van der Waals surface area contributed by atoms with Crippen molar-refractivity contribution in [2.75, 3.05) is 0 Å². The van der Waals surface area contributed by atoms with Crippen LogP contribution in [0.15, 0.2) is 33.2 Å². The highest BCUT2D eigenvalue weighted by Gasteiger charge is 2.23. The van der Waals surface area contributed by atoms with Gasteiger partial charge in [-0.05, 0) is 41.0 Å².